The number of methoxy groups -OCH3 is 1. The fraction of sp³-hybridized carbons (Fsp3) is 0.227. The van der Waals surface area contributed by atoms with Gasteiger partial charge in [-0.3, -0.25) is 0 Å². The molecular weight excluding hydrogens is 350 g/mol. The molecule has 142 valence electrons. The molecule has 0 fully saturated rings. The highest BCUT2D eigenvalue weighted by molar-refractivity contribution is 5.81. The van der Waals surface area contributed by atoms with Crippen LogP contribution < -0.4 is 10.1 Å². The van der Waals surface area contributed by atoms with Crippen molar-refractivity contribution < 1.29 is 4.74 Å². The number of hydrogen-bond acceptors (Lipinski definition) is 5. The number of benzene rings is 2. The number of hydrogen-bond donors (Lipinski definition) is 1. The molecule has 0 aliphatic carbocycles. The average molecular weight is 373 g/mol. The lowest BCUT2D eigenvalue weighted by Gasteiger charge is -2.17. The van der Waals surface area contributed by atoms with Crippen LogP contribution in [0.2, 0.25) is 0 Å². The number of anilines is 1. The maximum Gasteiger partial charge on any atom is 0.130 e. The largest absolute Gasteiger partial charge is 0.497 e. The van der Waals surface area contributed by atoms with Gasteiger partial charge in [0.05, 0.1) is 36.2 Å². The van der Waals surface area contributed by atoms with Crippen LogP contribution in [0.4, 0.5) is 5.82 Å². The molecule has 0 spiro atoms. The Kier molecular flexibility index (Phi) is 4.69. The number of fused-ring (bicyclic) bond motifs is 1. The second-order valence-corrected chi connectivity index (χ2v) is 6.89. The van der Waals surface area contributed by atoms with Crippen LogP contribution in [0.1, 0.15) is 24.4 Å². The number of nitrogens with zero attached hydrogens (tertiary/aromatic N) is 4. The monoisotopic (exact) mass is 373 g/mol. The average Bonchev–Trinajstić information content (AvgIpc) is 3.08. The zero-order valence-corrected chi connectivity index (χ0v) is 16.5. The third-order valence-corrected chi connectivity index (χ3v) is 4.82. The van der Waals surface area contributed by atoms with Crippen molar-refractivity contribution in [1.29, 1.82) is 0 Å². The molecule has 2 aromatic heterocycles. The Balaban J connectivity index is 1.65. The Morgan fingerprint density at radius 2 is 1.93 bits per heavy atom. The molecule has 6 heteroatoms. The first-order valence-electron chi connectivity index (χ1n) is 9.21. The molecule has 2 heterocycles. The van der Waals surface area contributed by atoms with E-state index < -0.39 is 0 Å². The number of aromatic nitrogens is 4. The van der Waals surface area contributed by atoms with Gasteiger partial charge in [-0.25, -0.2) is 15.0 Å². The summed E-state index contributed by atoms with van der Waals surface area (Å²) < 4.78 is 7.34. The first-order valence-corrected chi connectivity index (χ1v) is 9.21. The molecule has 1 N–H and O–H groups in total. The van der Waals surface area contributed by atoms with Crippen molar-refractivity contribution in [3.05, 3.63) is 66.2 Å². The molecule has 0 unspecified atom stereocenters. The molecule has 0 radical (unpaired) electrons. The zero-order valence-electron chi connectivity index (χ0n) is 16.5. The van der Waals surface area contributed by atoms with Gasteiger partial charge in [0, 0.05) is 18.7 Å². The number of nitrogens with one attached hydrogen (secondary N) is 1. The molecule has 1 atom stereocenters. The van der Waals surface area contributed by atoms with E-state index in [2.05, 4.69) is 39.3 Å². The van der Waals surface area contributed by atoms with Crippen molar-refractivity contribution in [3.8, 4) is 17.0 Å². The Morgan fingerprint density at radius 3 is 2.75 bits per heavy atom. The third-order valence-electron chi connectivity index (χ3n) is 4.82. The number of ether oxygens (including phenoxy) is 1. The minimum atomic E-state index is 0.0804. The topological polar surface area (TPSA) is 64.9 Å². The van der Waals surface area contributed by atoms with E-state index in [1.54, 1.807) is 7.11 Å². The van der Waals surface area contributed by atoms with Gasteiger partial charge in [0.25, 0.3) is 0 Å². The summed E-state index contributed by atoms with van der Waals surface area (Å²) in [5.74, 6) is 2.36. The summed E-state index contributed by atoms with van der Waals surface area (Å²) in [5, 5.41) is 3.48. The van der Waals surface area contributed by atoms with Gasteiger partial charge < -0.3 is 14.6 Å². The molecule has 0 amide bonds. The summed E-state index contributed by atoms with van der Waals surface area (Å²) in [7, 11) is 3.67. The van der Waals surface area contributed by atoms with Gasteiger partial charge in [-0.1, -0.05) is 18.2 Å². The Hall–Kier alpha value is -3.41. The van der Waals surface area contributed by atoms with Gasteiger partial charge in [0.1, 0.15) is 17.4 Å². The Bertz CT molecular complexity index is 1130. The van der Waals surface area contributed by atoms with E-state index in [4.69, 9.17) is 4.74 Å². The predicted octanol–water partition coefficient (Wildman–Crippen LogP) is 4.52. The van der Waals surface area contributed by atoms with Crippen LogP contribution in [0.25, 0.3) is 22.3 Å². The van der Waals surface area contributed by atoms with Gasteiger partial charge >= 0.3 is 0 Å². The molecule has 0 saturated carbocycles. The van der Waals surface area contributed by atoms with E-state index in [1.807, 2.05) is 61.3 Å². The van der Waals surface area contributed by atoms with Crippen molar-refractivity contribution in [2.75, 3.05) is 12.4 Å². The number of aryl methyl sites for hydroxylation is 2. The quantitative estimate of drug-likeness (QED) is 0.557. The molecule has 28 heavy (non-hydrogen) atoms. The fourth-order valence-corrected chi connectivity index (χ4v) is 3.29. The molecule has 0 bridgehead atoms. The van der Waals surface area contributed by atoms with Crippen LogP contribution in [0.5, 0.6) is 5.75 Å². The molecule has 4 aromatic rings. The second-order valence-electron chi connectivity index (χ2n) is 6.89. The van der Waals surface area contributed by atoms with Crippen molar-refractivity contribution in [2.45, 2.75) is 19.9 Å². The van der Waals surface area contributed by atoms with Crippen molar-refractivity contribution in [2.24, 2.45) is 7.05 Å². The zero-order chi connectivity index (χ0) is 19.7. The highest BCUT2D eigenvalue weighted by Gasteiger charge is 2.11. The fourth-order valence-electron chi connectivity index (χ4n) is 3.29. The van der Waals surface area contributed by atoms with Crippen molar-refractivity contribution in [1.82, 2.24) is 19.5 Å². The van der Waals surface area contributed by atoms with Crippen LogP contribution in [0.3, 0.4) is 0 Å². The van der Waals surface area contributed by atoms with Crippen LogP contribution >= 0.6 is 0 Å². The van der Waals surface area contributed by atoms with Gasteiger partial charge in [-0.2, -0.15) is 0 Å². The minimum absolute atomic E-state index is 0.0804. The maximum atomic E-state index is 5.33. The Labute approximate surface area is 164 Å². The molecule has 6 nitrogen and oxygen atoms in total. The molecule has 2 aromatic carbocycles. The van der Waals surface area contributed by atoms with Crippen LogP contribution in [0.15, 0.2) is 54.9 Å². The SMILES string of the molecule is COc1cccc([C@H](C)Nc2cc(-c3ccc4ncn(C)c4c3)nc(C)n2)c1. The van der Waals surface area contributed by atoms with Crippen LogP contribution in [-0.4, -0.2) is 26.6 Å². The van der Waals surface area contributed by atoms with E-state index in [9.17, 15) is 0 Å². The highest BCUT2D eigenvalue weighted by Crippen LogP contribution is 2.26. The number of rotatable bonds is 5. The first kappa shape index (κ1) is 18.0. The van der Waals surface area contributed by atoms with E-state index in [-0.39, 0.29) is 6.04 Å². The van der Waals surface area contributed by atoms with Gasteiger partial charge in [-0.15, -0.1) is 0 Å². The van der Waals surface area contributed by atoms with Gasteiger partial charge in [0.2, 0.25) is 0 Å². The van der Waals surface area contributed by atoms with Crippen LogP contribution in [0, 0.1) is 6.92 Å². The summed E-state index contributed by atoms with van der Waals surface area (Å²) in [6.45, 7) is 4.01. The predicted molar refractivity (Wildman–Crippen MR) is 112 cm³/mol. The molecule has 4 rings (SSSR count). The molecule has 0 aliphatic heterocycles. The normalized spacial score (nSPS) is 12.1. The smallest absolute Gasteiger partial charge is 0.130 e. The van der Waals surface area contributed by atoms with E-state index in [1.165, 1.54) is 0 Å². The molecule has 0 aliphatic rings. The maximum absolute atomic E-state index is 5.33. The van der Waals surface area contributed by atoms with Crippen molar-refractivity contribution >= 4 is 16.9 Å². The van der Waals surface area contributed by atoms with E-state index in [0.29, 0.717) is 0 Å². The summed E-state index contributed by atoms with van der Waals surface area (Å²) in [6.07, 6.45) is 1.82. The van der Waals surface area contributed by atoms with E-state index >= 15 is 0 Å². The van der Waals surface area contributed by atoms with Gasteiger partial charge in [0.15, 0.2) is 0 Å². The minimum Gasteiger partial charge on any atom is -0.497 e. The molecular formula is C22H23N5O. The lowest BCUT2D eigenvalue weighted by Crippen LogP contribution is -2.09. The van der Waals surface area contributed by atoms with Crippen molar-refractivity contribution in [3.63, 3.8) is 0 Å². The Morgan fingerprint density at radius 1 is 1.07 bits per heavy atom. The van der Waals surface area contributed by atoms with Gasteiger partial charge in [-0.05, 0) is 43.7 Å². The number of imidazole rings is 1. The second kappa shape index (κ2) is 7.31. The lowest BCUT2D eigenvalue weighted by molar-refractivity contribution is 0.414. The molecule has 0 saturated heterocycles. The standard InChI is InChI=1S/C22H23N5O/c1-14(16-6-5-7-18(10-16)28-4)24-22-12-20(25-15(2)26-22)17-8-9-19-21(11-17)27(3)13-23-19/h5-14H,1-4H3,(H,24,25,26)/t14-/m0/s1. The van der Waals surface area contributed by atoms with Crippen LogP contribution in [-0.2, 0) is 7.05 Å². The summed E-state index contributed by atoms with van der Waals surface area (Å²) in [5.41, 5.74) is 5.11. The third kappa shape index (κ3) is 3.53. The summed E-state index contributed by atoms with van der Waals surface area (Å²) in [4.78, 5) is 13.6. The lowest BCUT2D eigenvalue weighted by atomic mass is 10.1. The first-order chi connectivity index (χ1) is 13.5. The van der Waals surface area contributed by atoms with E-state index in [0.717, 1.165) is 45.2 Å². The summed E-state index contributed by atoms with van der Waals surface area (Å²) >= 11 is 0. The highest BCUT2D eigenvalue weighted by atomic mass is 16.5. The summed E-state index contributed by atoms with van der Waals surface area (Å²) in [6, 6.07) is 16.3.